The molecule has 1 aliphatic rings. The van der Waals surface area contributed by atoms with Crippen molar-refractivity contribution in [2.24, 2.45) is 0 Å². The lowest BCUT2D eigenvalue weighted by Crippen LogP contribution is -2.35. The largest absolute Gasteiger partial charge is 0.380 e. The Morgan fingerprint density at radius 1 is 1.11 bits per heavy atom. The monoisotopic (exact) mass is 489 g/mol. The summed E-state index contributed by atoms with van der Waals surface area (Å²) in [5, 5.41) is 21.2. The van der Waals surface area contributed by atoms with Gasteiger partial charge >= 0.3 is 0 Å². The Balaban J connectivity index is 1.39. The van der Waals surface area contributed by atoms with E-state index in [0.717, 1.165) is 28.0 Å². The molecule has 2 aromatic carbocycles. The van der Waals surface area contributed by atoms with Crippen molar-refractivity contribution in [3.8, 4) is 5.69 Å². The first kappa shape index (κ1) is 23.0. The highest BCUT2D eigenvalue weighted by Crippen LogP contribution is 2.35. The third kappa shape index (κ3) is 4.62. The lowest BCUT2D eigenvalue weighted by molar-refractivity contribution is -0.131. The maximum Gasteiger partial charge on any atom is 0.257 e. The molecule has 1 saturated carbocycles. The number of anilines is 1. The predicted molar refractivity (Wildman–Crippen MR) is 134 cm³/mol. The molecule has 1 fully saturated rings. The standard InChI is InChI=1S/C26H24ClN5O3/c1-15-10-18(11-16(2)30-15)32-23-5-3-4-22(20(23)14-29-32)31-24(33)19-12-17(6-7-21(19)27)13-28-25(34)26(35)8-9-26/h3-7,10-12,14,35H,8-9,13H2,1-2H3,(H,28,34)(H,31,33). The van der Waals surface area contributed by atoms with Crippen molar-refractivity contribution >= 4 is 40.0 Å². The number of hydrogen-bond donors (Lipinski definition) is 3. The molecule has 8 nitrogen and oxygen atoms in total. The molecule has 0 saturated heterocycles. The van der Waals surface area contributed by atoms with Crippen LogP contribution >= 0.6 is 11.6 Å². The lowest BCUT2D eigenvalue weighted by atomic mass is 10.1. The second-order valence-corrected chi connectivity index (χ2v) is 9.29. The van der Waals surface area contributed by atoms with Crippen LogP contribution in [0.2, 0.25) is 5.02 Å². The summed E-state index contributed by atoms with van der Waals surface area (Å²) in [4.78, 5) is 29.6. The Hall–Kier alpha value is -3.75. The molecule has 35 heavy (non-hydrogen) atoms. The molecule has 2 heterocycles. The highest BCUT2D eigenvalue weighted by atomic mass is 35.5. The van der Waals surface area contributed by atoms with Gasteiger partial charge in [-0.15, -0.1) is 0 Å². The number of carbonyl (C=O) groups excluding carboxylic acids is 2. The minimum atomic E-state index is -1.25. The average molecular weight is 490 g/mol. The molecule has 9 heteroatoms. The van der Waals surface area contributed by atoms with E-state index in [-0.39, 0.29) is 18.0 Å². The molecule has 2 amide bonds. The summed E-state index contributed by atoms with van der Waals surface area (Å²) in [5.41, 5.74) is 3.86. The van der Waals surface area contributed by atoms with Gasteiger partial charge in [0.1, 0.15) is 5.60 Å². The molecule has 3 N–H and O–H groups in total. The van der Waals surface area contributed by atoms with E-state index in [1.54, 1.807) is 24.4 Å². The van der Waals surface area contributed by atoms with Crippen LogP contribution in [-0.4, -0.2) is 37.3 Å². The molecular weight excluding hydrogens is 466 g/mol. The fraction of sp³-hybridized carbons (Fsp3) is 0.231. The van der Waals surface area contributed by atoms with Crippen molar-refractivity contribution in [2.75, 3.05) is 5.32 Å². The van der Waals surface area contributed by atoms with Crippen LogP contribution in [-0.2, 0) is 11.3 Å². The van der Waals surface area contributed by atoms with Crippen LogP contribution in [0, 0.1) is 13.8 Å². The summed E-state index contributed by atoms with van der Waals surface area (Å²) in [7, 11) is 0. The van der Waals surface area contributed by atoms with Crippen molar-refractivity contribution in [3.63, 3.8) is 0 Å². The Kier molecular flexibility index (Phi) is 5.78. The number of carbonyl (C=O) groups is 2. The van der Waals surface area contributed by atoms with Crippen molar-refractivity contribution in [1.29, 1.82) is 0 Å². The van der Waals surface area contributed by atoms with Crippen LogP contribution in [0.15, 0.2) is 54.7 Å². The van der Waals surface area contributed by atoms with Crippen molar-refractivity contribution in [2.45, 2.75) is 38.8 Å². The van der Waals surface area contributed by atoms with Gasteiger partial charge in [0.15, 0.2) is 0 Å². The Bertz CT molecular complexity index is 1460. The topological polar surface area (TPSA) is 109 Å². The van der Waals surface area contributed by atoms with Crippen LogP contribution in [0.1, 0.15) is 40.2 Å². The fourth-order valence-electron chi connectivity index (χ4n) is 4.04. The maximum absolute atomic E-state index is 13.1. The predicted octanol–water partition coefficient (Wildman–Crippen LogP) is 4.08. The van der Waals surface area contributed by atoms with E-state index in [1.165, 1.54) is 0 Å². The molecule has 4 aromatic rings. The van der Waals surface area contributed by atoms with Gasteiger partial charge in [-0.05, 0) is 68.7 Å². The average Bonchev–Trinajstić information content (AvgIpc) is 3.42. The SMILES string of the molecule is Cc1cc(-n2ncc3c(NC(=O)c4cc(CNC(=O)C5(O)CC5)ccc4Cl)cccc32)cc(C)n1. The van der Waals surface area contributed by atoms with E-state index >= 15 is 0 Å². The highest BCUT2D eigenvalue weighted by Gasteiger charge is 2.47. The van der Waals surface area contributed by atoms with Crippen molar-refractivity contribution in [3.05, 3.63) is 82.3 Å². The first-order valence-electron chi connectivity index (χ1n) is 11.3. The fourth-order valence-corrected chi connectivity index (χ4v) is 4.24. The smallest absolute Gasteiger partial charge is 0.257 e. The quantitative estimate of drug-likeness (QED) is 0.378. The van der Waals surface area contributed by atoms with Gasteiger partial charge in [-0.1, -0.05) is 23.7 Å². The Morgan fingerprint density at radius 3 is 2.57 bits per heavy atom. The van der Waals surface area contributed by atoms with E-state index in [2.05, 4.69) is 20.7 Å². The summed E-state index contributed by atoms with van der Waals surface area (Å²) in [5.74, 6) is -0.776. The van der Waals surface area contributed by atoms with E-state index in [9.17, 15) is 14.7 Å². The molecule has 0 bridgehead atoms. The number of pyridine rings is 1. The van der Waals surface area contributed by atoms with Gasteiger partial charge in [-0.3, -0.25) is 14.6 Å². The molecule has 0 spiro atoms. The first-order valence-corrected chi connectivity index (χ1v) is 11.6. The molecule has 5 rings (SSSR count). The van der Waals surface area contributed by atoms with Gasteiger partial charge in [0.25, 0.3) is 11.8 Å². The molecule has 2 aromatic heterocycles. The Morgan fingerprint density at radius 2 is 1.86 bits per heavy atom. The van der Waals surface area contributed by atoms with Crippen LogP contribution in [0.4, 0.5) is 5.69 Å². The van der Waals surface area contributed by atoms with Gasteiger partial charge < -0.3 is 15.7 Å². The number of benzene rings is 2. The van der Waals surface area contributed by atoms with Crippen molar-refractivity contribution in [1.82, 2.24) is 20.1 Å². The number of aliphatic hydroxyl groups is 1. The number of nitrogens with zero attached hydrogens (tertiary/aromatic N) is 3. The lowest BCUT2D eigenvalue weighted by Gasteiger charge is -2.12. The number of halogens is 1. The minimum Gasteiger partial charge on any atom is -0.380 e. The van der Waals surface area contributed by atoms with Crippen molar-refractivity contribution < 1.29 is 14.7 Å². The summed E-state index contributed by atoms with van der Waals surface area (Å²) < 4.78 is 1.82. The summed E-state index contributed by atoms with van der Waals surface area (Å²) in [6.45, 7) is 4.06. The minimum absolute atomic E-state index is 0.186. The number of aryl methyl sites for hydroxylation is 2. The number of aromatic nitrogens is 3. The second kappa shape index (κ2) is 8.79. The normalized spacial score (nSPS) is 14.1. The molecule has 0 unspecified atom stereocenters. The molecule has 0 atom stereocenters. The number of rotatable bonds is 6. The number of amides is 2. The summed E-state index contributed by atoms with van der Waals surface area (Å²) in [6.07, 6.45) is 2.65. The van der Waals surface area contributed by atoms with Crippen LogP contribution in [0.3, 0.4) is 0 Å². The third-order valence-corrected chi connectivity index (χ3v) is 6.38. The van der Waals surface area contributed by atoms with Gasteiger partial charge in [0.05, 0.1) is 33.7 Å². The van der Waals surface area contributed by atoms with Crippen LogP contribution in [0.25, 0.3) is 16.6 Å². The van der Waals surface area contributed by atoms with Crippen LogP contribution < -0.4 is 10.6 Å². The molecule has 0 aliphatic heterocycles. The first-order chi connectivity index (χ1) is 16.7. The number of hydrogen-bond acceptors (Lipinski definition) is 5. The van der Waals surface area contributed by atoms with Gasteiger partial charge in [-0.25, -0.2) is 4.68 Å². The second-order valence-electron chi connectivity index (χ2n) is 8.89. The number of fused-ring (bicyclic) bond motifs is 1. The van der Waals surface area contributed by atoms with Crippen LogP contribution in [0.5, 0.6) is 0 Å². The van der Waals surface area contributed by atoms with E-state index in [0.29, 0.717) is 29.1 Å². The third-order valence-electron chi connectivity index (χ3n) is 6.05. The summed E-state index contributed by atoms with van der Waals surface area (Å²) in [6, 6.07) is 14.5. The highest BCUT2D eigenvalue weighted by molar-refractivity contribution is 6.34. The van der Waals surface area contributed by atoms with E-state index in [4.69, 9.17) is 11.6 Å². The molecule has 1 aliphatic carbocycles. The maximum atomic E-state index is 13.1. The van der Waals surface area contributed by atoms with Gasteiger partial charge in [0, 0.05) is 23.3 Å². The summed E-state index contributed by atoms with van der Waals surface area (Å²) >= 11 is 6.32. The van der Waals surface area contributed by atoms with E-state index < -0.39 is 11.5 Å². The zero-order valence-electron chi connectivity index (χ0n) is 19.3. The zero-order valence-corrected chi connectivity index (χ0v) is 20.1. The van der Waals surface area contributed by atoms with Gasteiger partial charge in [0.2, 0.25) is 0 Å². The molecule has 0 radical (unpaired) electrons. The zero-order chi connectivity index (χ0) is 24.7. The van der Waals surface area contributed by atoms with E-state index in [1.807, 2.05) is 48.9 Å². The molecule has 178 valence electrons. The number of nitrogens with one attached hydrogen (secondary N) is 2. The van der Waals surface area contributed by atoms with Gasteiger partial charge in [-0.2, -0.15) is 5.10 Å². The molecular formula is C26H24ClN5O3. The Labute approximate surface area is 206 Å².